The third-order valence-electron chi connectivity index (χ3n) is 3.84. The van der Waals surface area contributed by atoms with Gasteiger partial charge in [0.2, 0.25) is 11.1 Å². The average molecular weight is 347 g/mol. The monoisotopic (exact) mass is 347 g/mol. The van der Waals surface area contributed by atoms with Crippen LogP contribution in [0.4, 0.5) is 0 Å². The summed E-state index contributed by atoms with van der Waals surface area (Å²) in [4.78, 5) is 12.0. The number of nitrogens with one attached hydrogen (secondary N) is 1. The Bertz CT molecular complexity index is 667. The van der Waals surface area contributed by atoms with E-state index < -0.39 is 0 Å². The van der Waals surface area contributed by atoms with Crippen molar-refractivity contribution in [3.05, 3.63) is 35.4 Å². The Balaban J connectivity index is 1.44. The van der Waals surface area contributed by atoms with E-state index in [0.29, 0.717) is 18.2 Å². The van der Waals surface area contributed by atoms with Crippen molar-refractivity contribution in [2.75, 3.05) is 12.4 Å². The van der Waals surface area contributed by atoms with E-state index in [2.05, 4.69) is 20.8 Å². The summed E-state index contributed by atoms with van der Waals surface area (Å²) in [5.74, 6) is 0.254. The second-order valence-corrected chi connectivity index (χ2v) is 6.77. The number of hydrogen-bond acceptors (Lipinski definition) is 6. The number of amides is 1. The molecule has 1 atom stereocenters. The Hall–Kier alpha value is -1.93. The fourth-order valence-electron chi connectivity index (χ4n) is 2.48. The molecule has 2 heterocycles. The van der Waals surface area contributed by atoms with Crippen LogP contribution >= 0.6 is 11.8 Å². The number of carbonyl (C=O) groups is 1. The Kier molecular flexibility index (Phi) is 5.81. The van der Waals surface area contributed by atoms with Gasteiger partial charge < -0.3 is 10.1 Å². The van der Waals surface area contributed by atoms with Crippen LogP contribution in [0.3, 0.4) is 0 Å². The van der Waals surface area contributed by atoms with E-state index in [4.69, 9.17) is 4.74 Å². The zero-order chi connectivity index (χ0) is 16.8. The first-order chi connectivity index (χ1) is 11.7. The van der Waals surface area contributed by atoms with Crippen molar-refractivity contribution >= 4 is 17.7 Å². The lowest BCUT2D eigenvalue weighted by atomic mass is 10.1. The Morgan fingerprint density at radius 3 is 3.00 bits per heavy atom. The van der Waals surface area contributed by atoms with E-state index in [1.54, 1.807) is 4.68 Å². The first kappa shape index (κ1) is 16.9. The fraction of sp³-hybridized carbons (Fsp3) is 0.500. The molecule has 0 spiro atoms. The summed E-state index contributed by atoms with van der Waals surface area (Å²) in [6.45, 7) is 4.01. The molecule has 1 N–H and O–H groups in total. The number of benzene rings is 1. The Labute approximate surface area is 145 Å². The molecule has 1 saturated heterocycles. The van der Waals surface area contributed by atoms with Crippen LogP contribution in [0, 0.1) is 6.92 Å². The molecule has 2 aromatic rings. The number of nitrogens with zero attached hydrogens (tertiary/aromatic N) is 4. The van der Waals surface area contributed by atoms with Gasteiger partial charge in [-0.15, -0.1) is 5.10 Å². The number of rotatable bonds is 7. The first-order valence-electron chi connectivity index (χ1n) is 8.03. The van der Waals surface area contributed by atoms with Gasteiger partial charge in [0.05, 0.1) is 18.4 Å². The van der Waals surface area contributed by atoms with Crippen LogP contribution in [-0.2, 0) is 22.6 Å². The SMILES string of the molecule is Cc1ccc(CNC(=O)CSc2nnnn2CC2CCCO2)cc1. The molecule has 7 nitrogen and oxygen atoms in total. The minimum Gasteiger partial charge on any atom is -0.376 e. The van der Waals surface area contributed by atoms with Crippen molar-refractivity contribution in [1.29, 1.82) is 0 Å². The maximum Gasteiger partial charge on any atom is 0.230 e. The highest BCUT2D eigenvalue weighted by molar-refractivity contribution is 7.99. The van der Waals surface area contributed by atoms with Crippen LogP contribution in [-0.4, -0.2) is 44.6 Å². The molecule has 0 radical (unpaired) electrons. The van der Waals surface area contributed by atoms with Crippen LogP contribution in [0.2, 0.25) is 0 Å². The van der Waals surface area contributed by atoms with Gasteiger partial charge in [0.25, 0.3) is 0 Å². The minimum absolute atomic E-state index is 0.0350. The van der Waals surface area contributed by atoms with Crippen molar-refractivity contribution in [2.24, 2.45) is 0 Å². The summed E-state index contributed by atoms with van der Waals surface area (Å²) in [6, 6.07) is 8.11. The number of aryl methyl sites for hydroxylation is 1. The normalized spacial score (nSPS) is 17.1. The van der Waals surface area contributed by atoms with Gasteiger partial charge in [0, 0.05) is 13.2 Å². The summed E-state index contributed by atoms with van der Waals surface area (Å²) < 4.78 is 7.31. The Morgan fingerprint density at radius 2 is 2.25 bits per heavy atom. The zero-order valence-corrected chi connectivity index (χ0v) is 14.5. The minimum atomic E-state index is -0.0350. The third-order valence-corrected chi connectivity index (χ3v) is 4.80. The van der Waals surface area contributed by atoms with Gasteiger partial charge in [-0.25, -0.2) is 4.68 Å². The second kappa shape index (κ2) is 8.25. The van der Waals surface area contributed by atoms with Crippen LogP contribution in [0.1, 0.15) is 24.0 Å². The summed E-state index contributed by atoms with van der Waals surface area (Å²) in [6.07, 6.45) is 2.28. The molecule has 0 saturated carbocycles. The number of hydrogen-bond donors (Lipinski definition) is 1. The van der Waals surface area contributed by atoms with Crippen molar-refractivity contribution in [3.8, 4) is 0 Å². The molecule has 1 unspecified atom stereocenters. The molecule has 1 aromatic carbocycles. The first-order valence-corrected chi connectivity index (χ1v) is 9.02. The van der Waals surface area contributed by atoms with E-state index >= 15 is 0 Å². The predicted octanol–water partition coefficient (Wildman–Crippen LogP) is 1.57. The zero-order valence-electron chi connectivity index (χ0n) is 13.6. The lowest BCUT2D eigenvalue weighted by Crippen LogP contribution is -2.25. The van der Waals surface area contributed by atoms with Gasteiger partial charge >= 0.3 is 0 Å². The van der Waals surface area contributed by atoms with Crippen molar-refractivity contribution in [1.82, 2.24) is 25.5 Å². The molecular weight excluding hydrogens is 326 g/mol. The van der Waals surface area contributed by atoms with E-state index in [0.717, 1.165) is 25.0 Å². The lowest BCUT2D eigenvalue weighted by molar-refractivity contribution is -0.118. The maximum absolute atomic E-state index is 12.0. The highest BCUT2D eigenvalue weighted by Crippen LogP contribution is 2.18. The molecule has 24 heavy (non-hydrogen) atoms. The summed E-state index contributed by atoms with van der Waals surface area (Å²) >= 11 is 1.34. The van der Waals surface area contributed by atoms with Crippen molar-refractivity contribution in [2.45, 2.75) is 44.1 Å². The topological polar surface area (TPSA) is 81.9 Å². The van der Waals surface area contributed by atoms with Gasteiger partial charge in [0.15, 0.2) is 0 Å². The van der Waals surface area contributed by atoms with Crippen LogP contribution < -0.4 is 5.32 Å². The second-order valence-electron chi connectivity index (χ2n) is 5.83. The van der Waals surface area contributed by atoms with Crippen molar-refractivity contribution in [3.63, 3.8) is 0 Å². The van der Waals surface area contributed by atoms with Gasteiger partial charge in [-0.05, 0) is 35.8 Å². The summed E-state index contributed by atoms with van der Waals surface area (Å²) in [5, 5.41) is 15.2. The number of tetrazole rings is 1. The van der Waals surface area contributed by atoms with Gasteiger partial charge in [-0.2, -0.15) is 0 Å². The molecule has 1 fully saturated rings. The average Bonchev–Trinajstić information content (AvgIpc) is 3.25. The number of ether oxygens (including phenoxy) is 1. The van der Waals surface area contributed by atoms with Gasteiger partial charge in [0.1, 0.15) is 0 Å². The summed E-state index contributed by atoms with van der Waals surface area (Å²) in [5.41, 5.74) is 2.29. The van der Waals surface area contributed by atoms with Crippen LogP contribution in [0.25, 0.3) is 0 Å². The quantitative estimate of drug-likeness (QED) is 0.766. The molecule has 1 aliphatic heterocycles. The molecule has 0 bridgehead atoms. The highest BCUT2D eigenvalue weighted by Gasteiger charge is 2.19. The largest absolute Gasteiger partial charge is 0.376 e. The Morgan fingerprint density at radius 1 is 1.42 bits per heavy atom. The number of aromatic nitrogens is 4. The smallest absolute Gasteiger partial charge is 0.230 e. The number of thioether (sulfide) groups is 1. The van der Waals surface area contributed by atoms with E-state index in [1.807, 2.05) is 31.2 Å². The molecule has 3 rings (SSSR count). The molecule has 1 amide bonds. The van der Waals surface area contributed by atoms with Crippen LogP contribution in [0.5, 0.6) is 0 Å². The third kappa shape index (κ3) is 4.78. The molecule has 1 aliphatic rings. The van der Waals surface area contributed by atoms with E-state index in [1.165, 1.54) is 17.3 Å². The van der Waals surface area contributed by atoms with Gasteiger partial charge in [-0.3, -0.25) is 4.79 Å². The molecular formula is C16H21N5O2S. The highest BCUT2D eigenvalue weighted by atomic mass is 32.2. The number of carbonyl (C=O) groups excluding carboxylic acids is 1. The van der Waals surface area contributed by atoms with Gasteiger partial charge in [-0.1, -0.05) is 41.6 Å². The van der Waals surface area contributed by atoms with Crippen LogP contribution in [0.15, 0.2) is 29.4 Å². The predicted molar refractivity (Wildman–Crippen MR) is 90.5 cm³/mol. The molecule has 1 aromatic heterocycles. The maximum atomic E-state index is 12.0. The van der Waals surface area contributed by atoms with Crippen molar-refractivity contribution < 1.29 is 9.53 Å². The standard InChI is InChI=1S/C16H21N5O2S/c1-12-4-6-13(7-5-12)9-17-15(22)11-24-16-18-19-20-21(16)10-14-3-2-8-23-14/h4-7,14H,2-3,8-11H2,1H3,(H,17,22). The molecule has 8 heteroatoms. The lowest BCUT2D eigenvalue weighted by Gasteiger charge is -2.10. The fourth-order valence-corrected chi connectivity index (χ4v) is 3.20. The van der Waals surface area contributed by atoms with E-state index in [9.17, 15) is 4.79 Å². The molecule has 128 valence electrons. The summed E-state index contributed by atoms with van der Waals surface area (Å²) in [7, 11) is 0. The van der Waals surface area contributed by atoms with E-state index in [-0.39, 0.29) is 17.8 Å². The molecule has 0 aliphatic carbocycles.